The maximum absolute atomic E-state index is 12.8. The monoisotopic (exact) mass is 371 g/mol. The molecule has 1 N–H and O–H groups in total. The van der Waals surface area contributed by atoms with Crippen molar-refractivity contribution in [2.24, 2.45) is 0 Å². The number of carbonyl (C=O) groups is 3. The summed E-state index contributed by atoms with van der Waals surface area (Å²) >= 11 is 0. The zero-order valence-corrected chi connectivity index (χ0v) is 15.2. The van der Waals surface area contributed by atoms with Crippen LogP contribution in [0.4, 0.5) is 5.69 Å². The average Bonchev–Trinajstić information content (AvgIpc) is 2.73. The zero-order valence-electron chi connectivity index (χ0n) is 15.2. The van der Waals surface area contributed by atoms with Crippen molar-refractivity contribution >= 4 is 23.2 Å². The number of hydrogen-bond donors (Lipinski definition) is 1. The van der Waals surface area contributed by atoms with Crippen LogP contribution in [0, 0.1) is 0 Å². The predicted molar refractivity (Wildman–Crippen MR) is 105 cm³/mol. The topological polar surface area (TPSA) is 72.5 Å². The van der Waals surface area contributed by atoms with Gasteiger partial charge in [0.2, 0.25) is 0 Å². The summed E-state index contributed by atoms with van der Waals surface area (Å²) in [5.74, 6) is -0.0226. The van der Waals surface area contributed by atoms with Crippen molar-refractivity contribution in [3.05, 3.63) is 94.5 Å². The number of nitrogens with one attached hydrogen (secondary N) is 1. The first-order valence-electron chi connectivity index (χ1n) is 8.95. The van der Waals surface area contributed by atoms with E-state index in [0.717, 1.165) is 0 Å². The third-order valence-electron chi connectivity index (χ3n) is 4.61. The average molecular weight is 371 g/mol. The normalized spacial score (nSPS) is 12.2. The molecule has 0 spiro atoms. The van der Waals surface area contributed by atoms with E-state index >= 15 is 0 Å². The van der Waals surface area contributed by atoms with Crippen molar-refractivity contribution < 1.29 is 19.1 Å². The fraction of sp³-hybridized carbons (Fsp3) is 0.0870. The molecule has 0 atom stereocenters. The lowest BCUT2D eigenvalue weighted by Gasteiger charge is -2.18. The number of carbonyl (C=O) groups excluding carboxylic acids is 3. The summed E-state index contributed by atoms with van der Waals surface area (Å²) in [6.45, 7) is 2.44. The minimum absolute atomic E-state index is 0.186. The molecule has 28 heavy (non-hydrogen) atoms. The molecule has 1 aliphatic carbocycles. The van der Waals surface area contributed by atoms with Crippen LogP contribution in [0.1, 0.15) is 49.1 Å². The molecule has 0 fully saturated rings. The number of rotatable bonds is 4. The molecule has 4 rings (SSSR count). The highest BCUT2D eigenvalue weighted by Crippen LogP contribution is 2.29. The van der Waals surface area contributed by atoms with Crippen LogP contribution in [0.2, 0.25) is 0 Å². The van der Waals surface area contributed by atoms with Crippen molar-refractivity contribution in [2.45, 2.75) is 6.92 Å². The smallest absolute Gasteiger partial charge is 0.255 e. The van der Waals surface area contributed by atoms with E-state index in [1.807, 2.05) is 6.92 Å². The van der Waals surface area contributed by atoms with Gasteiger partial charge in [0, 0.05) is 33.5 Å². The number of ether oxygens (including phenoxy) is 1. The molecule has 0 saturated heterocycles. The van der Waals surface area contributed by atoms with E-state index in [9.17, 15) is 14.4 Å². The molecule has 0 aromatic heterocycles. The van der Waals surface area contributed by atoms with Gasteiger partial charge >= 0.3 is 0 Å². The van der Waals surface area contributed by atoms with Gasteiger partial charge in [-0.2, -0.15) is 0 Å². The highest BCUT2D eigenvalue weighted by Gasteiger charge is 2.29. The van der Waals surface area contributed by atoms with Gasteiger partial charge in [-0.3, -0.25) is 14.4 Å². The van der Waals surface area contributed by atoms with E-state index in [1.165, 1.54) is 0 Å². The third kappa shape index (κ3) is 3.07. The van der Waals surface area contributed by atoms with Gasteiger partial charge in [0.05, 0.1) is 6.61 Å². The summed E-state index contributed by atoms with van der Waals surface area (Å²) < 4.78 is 5.37. The van der Waals surface area contributed by atoms with E-state index in [2.05, 4.69) is 5.32 Å². The first-order valence-corrected chi connectivity index (χ1v) is 8.95. The lowest BCUT2D eigenvalue weighted by molar-refractivity contribution is 0.0979. The van der Waals surface area contributed by atoms with Crippen molar-refractivity contribution in [1.29, 1.82) is 0 Å². The molecule has 1 amide bonds. The van der Waals surface area contributed by atoms with Gasteiger partial charge in [-0.15, -0.1) is 0 Å². The maximum Gasteiger partial charge on any atom is 0.255 e. The van der Waals surface area contributed by atoms with E-state index in [1.54, 1.807) is 66.7 Å². The van der Waals surface area contributed by atoms with Gasteiger partial charge in [0.1, 0.15) is 5.75 Å². The second-order valence-electron chi connectivity index (χ2n) is 6.38. The molecule has 3 aromatic carbocycles. The summed E-state index contributed by atoms with van der Waals surface area (Å²) in [5.41, 5.74) is 2.37. The van der Waals surface area contributed by atoms with Crippen LogP contribution in [0.3, 0.4) is 0 Å². The molecule has 5 nitrogen and oxygen atoms in total. The Bertz CT molecular complexity index is 1100. The van der Waals surface area contributed by atoms with Crippen molar-refractivity contribution in [1.82, 2.24) is 0 Å². The number of benzene rings is 3. The summed E-state index contributed by atoms with van der Waals surface area (Å²) in [4.78, 5) is 37.9. The molecule has 5 heteroatoms. The quantitative estimate of drug-likeness (QED) is 0.586. The lowest BCUT2D eigenvalue weighted by atomic mass is 9.84. The second-order valence-corrected chi connectivity index (χ2v) is 6.38. The fourth-order valence-corrected chi connectivity index (χ4v) is 3.25. The Morgan fingerprint density at radius 1 is 0.821 bits per heavy atom. The van der Waals surface area contributed by atoms with Crippen LogP contribution in [-0.2, 0) is 0 Å². The molecule has 0 aliphatic heterocycles. The minimum Gasteiger partial charge on any atom is -0.494 e. The number of ketones is 2. The zero-order chi connectivity index (χ0) is 19.7. The van der Waals surface area contributed by atoms with Crippen molar-refractivity contribution in [3.8, 4) is 5.75 Å². The van der Waals surface area contributed by atoms with Crippen LogP contribution in [0.5, 0.6) is 5.75 Å². The molecular weight excluding hydrogens is 354 g/mol. The third-order valence-corrected chi connectivity index (χ3v) is 4.61. The Hall–Kier alpha value is -3.73. The van der Waals surface area contributed by atoms with Crippen molar-refractivity contribution in [2.75, 3.05) is 11.9 Å². The molecule has 3 aromatic rings. The van der Waals surface area contributed by atoms with Gasteiger partial charge in [0.15, 0.2) is 11.6 Å². The van der Waals surface area contributed by atoms with Crippen LogP contribution >= 0.6 is 0 Å². The van der Waals surface area contributed by atoms with Crippen LogP contribution in [0.15, 0.2) is 66.7 Å². The molecule has 0 radical (unpaired) electrons. The molecule has 1 aliphatic rings. The predicted octanol–water partition coefficient (Wildman–Crippen LogP) is 4.11. The largest absolute Gasteiger partial charge is 0.494 e. The highest BCUT2D eigenvalue weighted by atomic mass is 16.5. The van der Waals surface area contributed by atoms with Crippen LogP contribution < -0.4 is 10.1 Å². The van der Waals surface area contributed by atoms with Gasteiger partial charge in [-0.05, 0) is 49.4 Å². The van der Waals surface area contributed by atoms with E-state index in [-0.39, 0.29) is 17.5 Å². The number of fused-ring (bicyclic) bond motifs is 2. The summed E-state index contributed by atoms with van der Waals surface area (Å²) in [7, 11) is 0. The Labute approximate surface area is 162 Å². The Morgan fingerprint density at radius 3 is 2.07 bits per heavy atom. The van der Waals surface area contributed by atoms with Gasteiger partial charge < -0.3 is 10.1 Å². The van der Waals surface area contributed by atoms with Gasteiger partial charge in [-0.1, -0.05) is 24.3 Å². The van der Waals surface area contributed by atoms with Crippen molar-refractivity contribution in [3.63, 3.8) is 0 Å². The highest BCUT2D eigenvalue weighted by molar-refractivity contribution is 6.28. The molecular formula is C23H17NO4. The van der Waals surface area contributed by atoms with Crippen LogP contribution in [-0.4, -0.2) is 24.1 Å². The van der Waals surface area contributed by atoms with Gasteiger partial charge in [-0.25, -0.2) is 0 Å². The summed E-state index contributed by atoms with van der Waals surface area (Å²) in [6.07, 6.45) is 0. The summed E-state index contributed by atoms with van der Waals surface area (Å²) in [5, 5.41) is 2.78. The van der Waals surface area contributed by atoms with E-state index in [4.69, 9.17) is 4.74 Å². The standard InChI is InChI=1S/C23H17NO4/c1-2-28-16-10-7-14(8-11-16)23(27)24-15-9-12-19-20(13-15)22(26)18-6-4-3-5-17(18)21(19)25/h3-13H,2H2,1H3,(H,24,27). The number of amides is 1. The molecule has 0 unspecified atom stereocenters. The van der Waals surface area contributed by atoms with Gasteiger partial charge in [0.25, 0.3) is 5.91 Å². The SMILES string of the molecule is CCOc1ccc(C(=O)Nc2ccc3c(c2)C(=O)c2ccccc2C3=O)cc1. The first-order chi connectivity index (χ1) is 13.6. The lowest BCUT2D eigenvalue weighted by Crippen LogP contribution is -2.21. The fourth-order valence-electron chi connectivity index (χ4n) is 3.25. The number of anilines is 1. The Balaban J connectivity index is 1.60. The summed E-state index contributed by atoms with van der Waals surface area (Å²) in [6, 6.07) is 18.3. The minimum atomic E-state index is -0.307. The van der Waals surface area contributed by atoms with E-state index < -0.39 is 0 Å². The molecule has 0 heterocycles. The maximum atomic E-state index is 12.8. The van der Waals surface area contributed by atoms with Crippen LogP contribution in [0.25, 0.3) is 0 Å². The van der Waals surface area contributed by atoms with E-state index in [0.29, 0.717) is 45.9 Å². The molecule has 138 valence electrons. The first kappa shape index (κ1) is 17.7. The Morgan fingerprint density at radius 2 is 1.43 bits per heavy atom. The molecule has 0 bridgehead atoms. The molecule has 0 saturated carbocycles. The second kappa shape index (κ2) is 7.12. The Kier molecular flexibility index (Phi) is 4.49. The number of hydrogen-bond acceptors (Lipinski definition) is 4.